The minimum absolute atomic E-state index is 0.0608. The third-order valence-corrected chi connectivity index (χ3v) is 2.69. The molecule has 1 atom stereocenters. The van der Waals surface area contributed by atoms with Crippen LogP contribution in [-0.4, -0.2) is 38.0 Å². The summed E-state index contributed by atoms with van der Waals surface area (Å²) in [6.45, 7) is 7.66. The molecule has 0 aromatic carbocycles. The van der Waals surface area contributed by atoms with Crippen molar-refractivity contribution in [1.29, 1.82) is 0 Å². The van der Waals surface area contributed by atoms with Gasteiger partial charge in [-0.25, -0.2) is 0 Å². The first-order valence-corrected chi connectivity index (χ1v) is 6.01. The van der Waals surface area contributed by atoms with Gasteiger partial charge in [-0.15, -0.1) is 0 Å². The maximum absolute atomic E-state index is 11.8. The summed E-state index contributed by atoms with van der Waals surface area (Å²) in [5, 5.41) is 0. The molecular formula is C11H19GaO3. The zero-order chi connectivity index (χ0) is 12.1. The van der Waals surface area contributed by atoms with Crippen LogP contribution < -0.4 is 0 Å². The minimum atomic E-state index is -0.372. The van der Waals surface area contributed by atoms with Crippen LogP contribution in [0.5, 0.6) is 0 Å². The normalized spacial score (nSPS) is 14.9. The number of methoxy groups -OCH3 is 1. The Kier molecular flexibility index (Phi) is 6.32. The molecule has 0 rings (SSSR count). The Bertz CT molecular complexity index is 237. The van der Waals surface area contributed by atoms with Gasteiger partial charge in [-0.2, -0.15) is 0 Å². The predicted octanol–water partition coefficient (Wildman–Crippen LogP) is 2.01. The summed E-state index contributed by atoms with van der Waals surface area (Å²) >= 11 is 1.11. The van der Waals surface area contributed by atoms with E-state index < -0.39 is 0 Å². The van der Waals surface area contributed by atoms with Crippen molar-refractivity contribution in [2.45, 2.75) is 40.2 Å². The van der Waals surface area contributed by atoms with E-state index in [0.29, 0.717) is 5.76 Å². The first-order chi connectivity index (χ1) is 6.86. The van der Waals surface area contributed by atoms with E-state index in [2.05, 4.69) is 0 Å². The Morgan fingerprint density at radius 3 is 2.27 bits per heavy atom. The fraction of sp³-hybridized carbons (Fsp3) is 0.727. The van der Waals surface area contributed by atoms with Crippen molar-refractivity contribution < 1.29 is 13.1 Å². The van der Waals surface area contributed by atoms with Crippen molar-refractivity contribution in [1.82, 2.24) is 0 Å². The second-order valence-corrected chi connectivity index (χ2v) is 4.91. The summed E-state index contributed by atoms with van der Waals surface area (Å²) in [4.78, 5) is 11.8. The third-order valence-electron chi connectivity index (χ3n) is 2.12. The number of hydrogen-bond donors (Lipinski definition) is 0. The SMILES string of the molecule is CCC(OC)/C(=C/C(=O)C(C)(C)C)[O][Ga]. The van der Waals surface area contributed by atoms with Crippen LogP contribution in [0.2, 0.25) is 0 Å². The standard InChI is InChI=1S/C11H20O3.Ga/c1-6-9(14-5)8(12)7-10(13)11(2,3)4;/h7,9,12H,6H2,1-5H3;/q;+1/p-1/b8-7-;. The van der Waals surface area contributed by atoms with Crippen LogP contribution in [0.15, 0.2) is 11.8 Å². The van der Waals surface area contributed by atoms with Gasteiger partial charge in [0.2, 0.25) is 0 Å². The Morgan fingerprint density at radius 1 is 1.47 bits per heavy atom. The summed E-state index contributed by atoms with van der Waals surface area (Å²) < 4.78 is 10.5. The molecule has 0 fully saturated rings. The molecule has 0 aromatic heterocycles. The molecule has 2 radical (unpaired) electrons. The molecule has 0 saturated carbocycles. The molecule has 0 N–H and O–H groups in total. The number of hydrogen-bond acceptors (Lipinski definition) is 3. The Morgan fingerprint density at radius 2 is 2.00 bits per heavy atom. The molecule has 0 bridgehead atoms. The van der Waals surface area contributed by atoms with Crippen LogP contribution in [-0.2, 0) is 13.1 Å². The number of ketones is 1. The monoisotopic (exact) mass is 268 g/mol. The van der Waals surface area contributed by atoms with Crippen molar-refractivity contribution in [2.75, 3.05) is 7.11 Å². The Balaban J connectivity index is 4.80. The Labute approximate surface area is 103 Å². The summed E-state index contributed by atoms with van der Waals surface area (Å²) in [6, 6.07) is 0. The molecule has 4 heteroatoms. The average Bonchev–Trinajstić information content (AvgIpc) is 2.16. The maximum atomic E-state index is 11.8. The molecule has 0 aliphatic carbocycles. The molecule has 0 saturated heterocycles. The van der Waals surface area contributed by atoms with Crippen LogP contribution in [0.4, 0.5) is 0 Å². The van der Waals surface area contributed by atoms with Gasteiger partial charge >= 0.3 is 102 Å². The number of allylic oxidation sites excluding steroid dienone is 1. The molecule has 3 nitrogen and oxygen atoms in total. The molecule has 84 valence electrons. The van der Waals surface area contributed by atoms with Crippen molar-refractivity contribution in [3.8, 4) is 0 Å². The molecule has 0 aromatic rings. The molecule has 0 aliphatic rings. The van der Waals surface area contributed by atoms with Gasteiger partial charge in [0.1, 0.15) is 0 Å². The fourth-order valence-electron chi connectivity index (χ4n) is 1.03. The van der Waals surface area contributed by atoms with Crippen LogP contribution in [0, 0.1) is 5.41 Å². The van der Waals surface area contributed by atoms with Crippen LogP contribution in [0.25, 0.3) is 0 Å². The van der Waals surface area contributed by atoms with Crippen LogP contribution in [0.1, 0.15) is 34.1 Å². The molecule has 0 heterocycles. The number of ether oxygens (including phenoxy) is 1. The predicted molar refractivity (Wildman–Crippen MR) is 60.5 cm³/mol. The zero-order valence-electron chi connectivity index (χ0n) is 10.2. The summed E-state index contributed by atoms with van der Waals surface area (Å²) in [7, 11) is 1.62. The van der Waals surface area contributed by atoms with E-state index in [1.165, 1.54) is 0 Å². The number of carbonyl (C=O) groups excluding carboxylic acids is 1. The van der Waals surface area contributed by atoms with Crippen LogP contribution in [0.3, 0.4) is 0 Å². The van der Waals surface area contributed by atoms with Gasteiger partial charge in [-0.1, -0.05) is 0 Å². The average molecular weight is 269 g/mol. The van der Waals surface area contributed by atoms with E-state index in [9.17, 15) is 4.79 Å². The fourth-order valence-corrected chi connectivity index (χ4v) is 1.49. The Hall–Kier alpha value is -0.194. The van der Waals surface area contributed by atoms with Crippen molar-refractivity contribution in [3.63, 3.8) is 0 Å². The molecule has 15 heavy (non-hydrogen) atoms. The van der Waals surface area contributed by atoms with E-state index >= 15 is 0 Å². The van der Waals surface area contributed by atoms with Gasteiger partial charge in [0.25, 0.3) is 0 Å². The topological polar surface area (TPSA) is 35.5 Å². The first-order valence-electron chi connectivity index (χ1n) is 5.02. The number of rotatable bonds is 5. The molecular weight excluding hydrogens is 250 g/mol. The van der Waals surface area contributed by atoms with E-state index in [1.807, 2.05) is 27.7 Å². The third kappa shape index (κ3) is 4.91. The van der Waals surface area contributed by atoms with Gasteiger partial charge in [-0.05, 0) is 0 Å². The summed E-state index contributed by atoms with van der Waals surface area (Å²) in [6.07, 6.45) is 2.23. The quantitative estimate of drug-likeness (QED) is 0.435. The van der Waals surface area contributed by atoms with Crippen LogP contribution >= 0.6 is 0 Å². The number of carbonyl (C=O) groups is 1. The van der Waals surface area contributed by atoms with Crippen molar-refractivity contribution >= 4 is 24.7 Å². The van der Waals surface area contributed by atoms with Gasteiger partial charge in [0, 0.05) is 0 Å². The van der Waals surface area contributed by atoms with Gasteiger partial charge < -0.3 is 0 Å². The van der Waals surface area contributed by atoms with E-state index in [4.69, 9.17) is 8.27 Å². The van der Waals surface area contributed by atoms with E-state index in [1.54, 1.807) is 13.2 Å². The van der Waals surface area contributed by atoms with Gasteiger partial charge in [0.05, 0.1) is 0 Å². The molecule has 1 unspecified atom stereocenters. The second-order valence-electron chi connectivity index (χ2n) is 4.41. The molecule has 0 amide bonds. The summed E-state index contributed by atoms with van der Waals surface area (Å²) in [5.74, 6) is 0.686. The zero-order valence-corrected chi connectivity index (χ0v) is 12.6. The first kappa shape index (κ1) is 14.8. The van der Waals surface area contributed by atoms with Crippen molar-refractivity contribution in [2.24, 2.45) is 5.41 Å². The van der Waals surface area contributed by atoms with E-state index in [-0.39, 0.29) is 17.3 Å². The van der Waals surface area contributed by atoms with Gasteiger partial charge in [0.15, 0.2) is 0 Å². The molecule has 0 aliphatic heterocycles. The van der Waals surface area contributed by atoms with E-state index in [0.717, 1.165) is 25.4 Å². The second kappa shape index (κ2) is 6.40. The summed E-state index contributed by atoms with van der Waals surface area (Å²) in [5.41, 5.74) is -0.372. The van der Waals surface area contributed by atoms with Crippen molar-refractivity contribution in [3.05, 3.63) is 11.8 Å². The molecule has 0 spiro atoms. The van der Waals surface area contributed by atoms with Gasteiger partial charge in [-0.3, -0.25) is 0 Å².